The van der Waals surface area contributed by atoms with E-state index in [2.05, 4.69) is 5.16 Å². The van der Waals surface area contributed by atoms with E-state index < -0.39 is 0 Å². The Morgan fingerprint density at radius 2 is 1.90 bits per heavy atom. The number of ether oxygens (including phenoxy) is 1. The Balaban J connectivity index is 1.80. The van der Waals surface area contributed by atoms with Gasteiger partial charge < -0.3 is 14.7 Å². The van der Waals surface area contributed by atoms with Crippen LogP contribution in [0.25, 0.3) is 0 Å². The molecule has 2 aromatic rings. The van der Waals surface area contributed by atoms with E-state index >= 15 is 0 Å². The first-order valence-corrected chi connectivity index (χ1v) is 10.1. The molecule has 5 nitrogen and oxygen atoms in total. The second-order valence-electron chi connectivity index (χ2n) is 6.79. The van der Waals surface area contributed by atoms with Gasteiger partial charge in [0.25, 0.3) is 0 Å². The van der Waals surface area contributed by atoms with E-state index in [0.717, 1.165) is 5.56 Å². The maximum atomic E-state index is 12.8. The number of hydrogen-bond acceptors (Lipinski definition) is 5. The van der Waals surface area contributed by atoms with Gasteiger partial charge in [0.15, 0.2) is 5.78 Å². The Bertz CT molecular complexity index is 934. The lowest BCUT2D eigenvalue weighted by atomic mass is 9.81. The van der Waals surface area contributed by atoms with Crippen LogP contribution in [0.5, 0.6) is 11.5 Å². The first kappa shape index (κ1) is 20.9. The molecule has 1 atom stereocenters. The molecule has 1 aliphatic rings. The summed E-state index contributed by atoms with van der Waals surface area (Å²) in [5.41, 5.74) is 1.73. The summed E-state index contributed by atoms with van der Waals surface area (Å²) in [7, 11) is 0. The molecule has 2 aromatic carbocycles. The van der Waals surface area contributed by atoms with Crippen molar-refractivity contribution in [3.8, 4) is 11.5 Å². The summed E-state index contributed by atoms with van der Waals surface area (Å²) in [6.07, 6.45) is 1.19. The predicted molar refractivity (Wildman–Crippen MR) is 114 cm³/mol. The Hall–Kier alpha value is -2.79. The number of halogens is 1. The highest BCUT2D eigenvalue weighted by Crippen LogP contribution is 2.36. The number of aliphatic hydroxyl groups excluding tert-OH is 1. The van der Waals surface area contributed by atoms with Crippen LogP contribution in [0.4, 0.5) is 0 Å². The van der Waals surface area contributed by atoms with Crippen LogP contribution in [0.1, 0.15) is 44.6 Å². The fourth-order valence-electron chi connectivity index (χ4n) is 3.36. The summed E-state index contributed by atoms with van der Waals surface area (Å²) in [5, 5.41) is 15.2. The van der Waals surface area contributed by atoms with E-state index in [9.17, 15) is 9.90 Å². The normalized spacial score (nSPS) is 17.4. The molecule has 0 spiro atoms. The molecule has 0 aliphatic heterocycles. The lowest BCUT2D eigenvalue weighted by molar-refractivity contribution is -0.116. The molecule has 0 radical (unpaired) electrons. The van der Waals surface area contributed by atoms with Gasteiger partial charge in [-0.3, -0.25) is 4.79 Å². The summed E-state index contributed by atoms with van der Waals surface area (Å²) >= 11 is 5.91. The van der Waals surface area contributed by atoms with Gasteiger partial charge in [-0.15, -0.1) is 0 Å². The lowest BCUT2D eigenvalue weighted by Crippen LogP contribution is -2.23. The number of carbonyl (C=O) groups is 1. The number of carbonyl (C=O) groups excluding carboxylic acids is 1. The number of benzene rings is 2. The number of nitrogens with zero attached hydrogens (tertiary/aromatic N) is 1. The molecule has 0 heterocycles. The molecular weight excluding hydrogens is 390 g/mol. The molecule has 152 valence electrons. The van der Waals surface area contributed by atoms with Crippen molar-refractivity contribution in [1.29, 1.82) is 0 Å². The zero-order valence-electron chi connectivity index (χ0n) is 16.5. The molecule has 1 aliphatic carbocycles. The summed E-state index contributed by atoms with van der Waals surface area (Å²) in [4.78, 5) is 17.9. The van der Waals surface area contributed by atoms with E-state index in [1.807, 2.05) is 38.1 Å². The fourth-order valence-corrected chi connectivity index (χ4v) is 3.48. The average Bonchev–Trinajstić information content (AvgIpc) is 2.71. The molecule has 1 N–H and O–H groups in total. The van der Waals surface area contributed by atoms with Crippen LogP contribution in [-0.4, -0.2) is 23.2 Å². The highest BCUT2D eigenvalue weighted by Gasteiger charge is 2.31. The minimum Gasteiger partial charge on any atom is -0.511 e. The predicted octanol–water partition coefficient (Wildman–Crippen LogP) is 6.19. The van der Waals surface area contributed by atoms with Crippen LogP contribution in [0.2, 0.25) is 5.02 Å². The van der Waals surface area contributed by atoms with Crippen LogP contribution in [-0.2, 0) is 9.63 Å². The quantitative estimate of drug-likeness (QED) is 0.433. The largest absolute Gasteiger partial charge is 0.511 e. The van der Waals surface area contributed by atoms with Gasteiger partial charge >= 0.3 is 0 Å². The molecule has 0 saturated heterocycles. The second kappa shape index (κ2) is 9.61. The van der Waals surface area contributed by atoms with Crippen LogP contribution in [0, 0.1) is 0 Å². The minimum absolute atomic E-state index is 0.0653. The standard InChI is InChI=1S/C23H24ClNO4/c1-3-20(25-28-4-2)23-21(26)13-16(14-22(23)27)15-6-5-7-19(12-15)29-18-10-8-17(24)9-11-18/h5-12,16,26H,3-4,13-14H2,1-2H3/b25-20+. The third kappa shape index (κ3) is 5.18. The van der Waals surface area contributed by atoms with Gasteiger partial charge in [-0.05, 0) is 61.2 Å². The topological polar surface area (TPSA) is 68.1 Å². The highest BCUT2D eigenvalue weighted by molar-refractivity contribution is 6.30. The Morgan fingerprint density at radius 3 is 2.55 bits per heavy atom. The van der Waals surface area contributed by atoms with Crippen molar-refractivity contribution in [2.24, 2.45) is 5.16 Å². The highest BCUT2D eigenvalue weighted by atomic mass is 35.5. The number of aliphatic hydroxyl groups is 1. The minimum atomic E-state index is -0.122. The average molecular weight is 414 g/mol. The van der Waals surface area contributed by atoms with Crippen molar-refractivity contribution < 1.29 is 19.5 Å². The van der Waals surface area contributed by atoms with Gasteiger partial charge in [0, 0.05) is 17.9 Å². The summed E-state index contributed by atoms with van der Waals surface area (Å²) in [5.74, 6) is 1.17. The van der Waals surface area contributed by atoms with E-state index in [0.29, 0.717) is 53.7 Å². The molecule has 0 bridgehead atoms. The number of rotatable bonds is 7. The number of allylic oxidation sites excluding steroid dienone is 2. The van der Waals surface area contributed by atoms with Crippen molar-refractivity contribution in [3.63, 3.8) is 0 Å². The van der Waals surface area contributed by atoms with E-state index in [4.69, 9.17) is 21.2 Å². The SMILES string of the molecule is CCO/N=C(\CC)C1=C(O)CC(c2cccc(Oc3ccc(Cl)cc3)c2)CC1=O. The van der Waals surface area contributed by atoms with Crippen molar-refractivity contribution in [2.75, 3.05) is 6.61 Å². The number of hydrogen-bond donors (Lipinski definition) is 1. The monoisotopic (exact) mass is 413 g/mol. The summed E-state index contributed by atoms with van der Waals surface area (Å²) < 4.78 is 5.89. The second-order valence-corrected chi connectivity index (χ2v) is 7.22. The zero-order valence-corrected chi connectivity index (χ0v) is 17.3. The number of oxime groups is 1. The molecule has 29 heavy (non-hydrogen) atoms. The third-order valence-electron chi connectivity index (χ3n) is 4.75. The molecule has 0 saturated carbocycles. The van der Waals surface area contributed by atoms with Gasteiger partial charge in [-0.2, -0.15) is 0 Å². The van der Waals surface area contributed by atoms with Crippen molar-refractivity contribution in [1.82, 2.24) is 0 Å². The Morgan fingerprint density at radius 1 is 1.14 bits per heavy atom. The number of ketones is 1. The van der Waals surface area contributed by atoms with Gasteiger partial charge in [0.05, 0.1) is 11.3 Å². The lowest BCUT2D eigenvalue weighted by Gasteiger charge is -2.24. The number of Topliss-reactive ketones (excluding diaryl/α,β-unsaturated/α-hetero) is 1. The zero-order chi connectivity index (χ0) is 20.8. The van der Waals surface area contributed by atoms with Crippen molar-refractivity contribution >= 4 is 23.1 Å². The van der Waals surface area contributed by atoms with E-state index in [-0.39, 0.29) is 17.5 Å². The smallest absolute Gasteiger partial charge is 0.168 e. The van der Waals surface area contributed by atoms with Crippen LogP contribution in [0.3, 0.4) is 0 Å². The molecule has 3 rings (SSSR count). The molecule has 0 fully saturated rings. The van der Waals surface area contributed by atoms with Crippen molar-refractivity contribution in [3.05, 3.63) is 70.4 Å². The molecule has 0 aromatic heterocycles. The Labute approximate surface area is 175 Å². The molecule has 0 amide bonds. The first-order chi connectivity index (χ1) is 14.0. The molecule has 1 unspecified atom stereocenters. The summed E-state index contributed by atoms with van der Waals surface area (Å²) in [6, 6.07) is 14.7. The first-order valence-electron chi connectivity index (χ1n) is 9.69. The molecule has 6 heteroatoms. The van der Waals surface area contributed by atoms with Gasteiger partial charge in [0.2, 0.25) is 0 Å². The Kier molecular flexibility index (Phi) is 6.94. The van der Waals surface area contributed by atoms with Gasteiger partial charge in [-0.1, -0.05) is 35.8 Å². The van der Waals surface area contributed by atoms with Crippen LogP contribution < -0.4 is 4.74 Å². The maximum absolute atomic E-state index is 12.8. The van der Waals surface area contributed by atoms with Crippen LogP contribution >= 0.6 is 11.6 Å². The fraction of sp³-hybridized carbons (Fsp3) is 0.304. The third-order valence-corrected chi connectivity index (χ3v) is 5.00. The van der Waals surface area contributed by atoms with Gasteiger partial charge in [-0.25, -0.2) is 0 Å². The molecular formula is C23H24ClNO4. The maximum Gasteiger partial charge on any atom is 0.168 e. The van der Waals surface area contributed by atoms with Gasteiger partial charge in [0.1, 0.15) is 23.9 Å². The van der Waals surface area contributed by atoms with E-state index in [1.54, 1.807) is 24.3 Å². The van der Waals surface area contributed by atoms with E-state index in [1.165, 1.54) is 0 Å². The van der Waals surface area contributed by atoms with Crippen molar-refractivity contribution in [2.45, 2.75) is 39.0 Å². The van der Waals surface area contributed by atoms with Crippen LogP contribution in [0.15, 0.2) is 65.0 Å². The summed E-state index contributed by atoms with van der Waals surface area (Å²) in [6.45, 7) is 4.12.